The van der Waals surface area contributed by atoms with Gasteiger partial charge in [0, 0.05) is 17.3 Å². The SMILES string of the molecule is CCCNc1nc(-c2cscn2)cs1. The number of rotatable bonds is 4. The molecule has 2 rings (SSSR count). The van der Waals surface area contributed by atoms with E-state index in [0.29, 0.717) is 0 Å². The van der Waals surface area contributed by atoms with Crippen LogP contribution in [0.2, 0.25) is 0 Å². The molecule has 0 aliphatic rings. The van der Waals surface area contributed by atoms with E-state index in [4.69, 9.17) is 0 Å². The van der Waals surface area contributed by atoms with Crippen LogP contribution in [0.3, 0.4) is 0 Å². The maximum absolute atomic E-state index is 4.44. The minimum atomic E-state index is 0.967. The lowest BCUT2D eigenvalue weighted by atomic mass is 10.4. The minimum absolute atomic E-state index is 0.967. The van der Waals surface area contributed by atoms with Crippen molar-refractivity contribution in [3.05, 3.63) is 16.3 Å². The molecular weight excluding hydrogens is 214 g/mol. The van der Waals surface area contributed by atoms with Crippen LogP contribution in [0.5, 0.6) is 0 Å². The van der Waals surface area contributed by atoms with Crippen molar-refractivity contribution in [3.63, 3.8) is 0 Å². The summed E-state index contributed by atoms with van der Waals surface area (Å²) in [5.41, 5.74) is 3.76. The Labute approximate surface area is 90.9 Å². The Kier molecular flexibility index (Phi) is 3.10. The molecule has 0 saturated carbocycles. The average molecular weight is 225 g/mol. The van der Waals surface area contributed by atoms with Crippen LogP contribution in [-0.4, -0.2) is 16.5 Å². The van der Waals surface area contributed by atoms with Gasteiger partial charge >= 0.3 is 0 Å². The number of thiazole rings is 2. The van der Waals surface area contributed by atoms with Crippen molar-refractivity contribution in [2.45, 2.75) is 13.3 Å². The van der Waals surface area contributed by atoms with Gasteiger partial charge < -0.3 is 5.32 Å². The smallest absolute Gasteiger partial charge is 0.183 e. The summed E-state index contributed by atoms with van der Waals surface area (Å²) in [7, 11) is 0. The van der Waals surface area contributed by atoms with Crippen LogP contribution < -0.4 is 5.32 Å². The van der Waals surface area contributed by atoms with E-state index in [2.05, 4.69) is 22.2 Å². The molecule has 2 heterocycles. The van der Waals surface area contributed by atoms with Gasteiger partial charge in [0.15, 0.2) is 5.13 Å². The maximum atomic E-state index is 4.44. The summed E-state index contributed by atoms with van der Waals surface area (Å²) in [6, 6.07) is 0. The van der Waals surface area contributed by atoms with Crippen molar-refractivity contribution in [3.8, 4) is 11.4 Å². The number of anilines is 1. The van der Waals surface area contributed by atoms with Crippen LogP contribution in [0.4, 0.5) is 5.13 Å². The standard InChI is InChI=1S/C9H11N3S2/c1-2-3-10-9-12-8(5-14-9)7-4-13-6-11-7/h4-6H,2-3H2,1H3,(H,10,12). The third-order valence-electron chi connectivity index (χ3n) is 1.73. The second-order valence-corrected chi connectivity index (χ2v) is 4.42. The van der Waals surface area contributed by atoms with Gasteiger partial charge in [0.1, 0.15) is 11.4 Å². The topological polar surface area (TPSA) is 37.8 Å². The molecule has 0 radical (unpaired) electrons. The fourth-order valence-electron chi connectivity index (χ4n) is 1.04. The third-order valence-corrected chi connectivity index (χ3v) is 3.11. The molecule has 2 aromatic heterocycles. The van der Waals surface area contributed by atoms with Gasteiger partial charge in [-0.15, -0.1) is 22.7 Å². The molecule has 14 heavy (non-hydrogen) atoms. The number of nitrogens with zero attached hydrogens (tertiary/aromatic N) is 2. The zero-order valence-electron chi connectivity index (χ0n) is 7.86. The predicted molar refractivity (Wildman–Crippen MR) is 62.0 cm³/mol. The molecule has 0 amide bonds. The van der Waals surface area contributed by atoms with Crippen molar-refractivity contribution < 1.29 is 0 Å². The van der Waals surface area contributed by atoms with E-state index in [1.807, 2.05) is 16.3 Å². The third kappa shape index (κ3) is 2.10. The number of nitrogens with one attached hydrogen (secondary N) is 1. The first-order valence-corrected chi connectivity index (χ1v) is 6.30. The van der Waals surface area contributed by atoms with Crippen LogP contribution >= 0.6 is 22.7 Å². The highest BCUT2D eigenvalue weighted by Crippen LogP contribution is 2.24. The second kappa shape index (κ2) is 4.52. The van der Waals surface area contributed by atoms with Gasteiger partial charge in [0.05, 0.1) is 5.51 Å². The van der Waals surface area contributed by atoms with E-state index in [1.165, 1.54) is 0 Å². The van der Waals surface area contributed by atoms with Gasteiger partial charge in [-0.1, -0.05) is 6.92 Å². The van der Waals surface area contributed by atoms with E-state index in [9.17, 15) is 0 Å². The van der Waals surface area contributed by atoms with Crippen molar-refractivity contribution in [1.82, 2.24) is 9.97 Å². The molecular formula is C9H11N3S2. The summed E-state index contributed by atoms with van der Waals surface area (Å²) in [6.07, 6.45) is 1.12. The van der Waals surface area contributed by atoms with E-state index < -0.39 is 0 Å². The Balaban J connectivity index is 2.10. The predicted octanol–water partition coefficient (Wildman–Crippen LogP) is 3.09. The van der Waals surface area contributed by atoms with E-state index >= 15 is 0 Å². The summed E-state index contributed by atoms with van der Waals surface area (Å²) in [5.74, 6) is 0. The zero-order chi connectivity index (χ0) is 9.80. The molecule has 0 spiro atoms. The second-order valence-electron chi connectivity index (χ2n) is 2.84. The highest BCUT2D eigenvalue weighted by molar-refractivity contribution is 7.14. The van der Waals surface area contributed by atoms with Crippen molar-refractivity contribution in [1.29, 1.82) is 0 Å². The molecule has 2 aromatic rings. The fraction of sp³-hybridized carbons (Fsp3) is 0.333. The fourth-order valence-corrected chi connectivity index (χ4v) is 2.32. The molecule has 0 aliphatic heterocycles. The highest BCUT2D eigenvalue weighted by Gasteiger charge is 2.04. The van der Waals surface area contributed by atoms with Crippen molar-refractivity contribution in [2.24, 2.45) is 0 Å². The lowest BCUT2D eigenvalue weighted by molar-refractivity contribution is 0.976. The quantitative estimate of drug-likeness (QED) is 0.869. The van der Waals surface area contributed by atoms with E-state index in [1.54, 1.807) is 22.7 Å². The Morgan fingerprint density at radius 3 is 3.00 bits per heavy atom. The zero-order valence-corrected chi connectivity index (χ0v) is 9.49. The Morgan fingerprint density at radius 1 is 1.36 bits per heavy atom. The summed E-state index contributed by atoms with van der Waals surface area (Å²) in [5, 5.41) is 8.29. The highest BCUT2D eigenvalue weighted by atomic mass is 32.1. The van der Waals surface area contributed by atoms with Gasteiger partial charge in [-0.2, -0.15) is 0 Å². The van der Waals surface area contributed by atoms with Crippen LogP contribution in [-0.2, 0) is 0 Å². The average Bonchev–Trinajstić information content (AvgIpc) is 2.85. The van der Waals surface area contributed by atoms with E-state index in [0.717, 1.165) is 29.5 Å². The Hall–Kier alpha value is -0.940. The number of hydrogen-bond acceptors (Lipinski definition) is 5. The van der Waals surface area contributed by atoms with Crippen LogP contribution in [0.25, 0.3) is 11.4 Å². The Morgan fingerprint density at radius 2 is 2.29 bits per heavy atom. The summed E-state index contributed by atoms with van der Waals surface area (Å²) in [6.45, 7) is 3.12. The minimum Gasteiger partial charge on any atom is -0.362 e. The first-order valence-electron chi connectivity index (χ1n) is 4.48. The number of aromatic nitrogens is 2. The van der Waals surface area contributed by atoms with E-state index in [-0.39, 0.29) is 0 Å². The van der Waals surface area contributed by atoms with Crippen LogP contribution in [0.1, 0.15) is 13.3 Å². The van der Waals surface area contributed by atoms with Gasteiger partial charge in [0.25, 0.3) is 0 Å². The molecule has 0 unspecified atom stereocenters. The summed E-state index contributed by atoms with van der Waals surface area (Å²) >= 11 is 3.22. The molecule has 74 valence electrons. The molecule has 0 atom stereocenters. The van der Waals surface area contributed by atoms with Gasteiger partial charge in [-0.25, -0.2) is 9.97 Å². The molecule has 0 aliphatic carbocycles. The van der Waals surface area contributed by atoms with Crippen LogP contribution in [0, 0.1) is 0 Å². The summed E-state index contributed by atoms with van der Waals surface area (Å²) < 4.78 is 0. The van der Waals surface area contributed by atoms with Gasteiger partial charge in [0.2, 0.25) is 0 Å². The van der Waals surface area contributed by atoms with Crippen molar-refractivity contribution >= 4 is 27.8 Å². The molecule has 0 fully saturated rings. The molecule has 5 heteroatoms. The maximum Gasteiger partial charge on any atom is 0.183 e. The van der Waals surface area contributed by atoms with Crippen molar-refractivity contribution in [2.75, 3.05) is 11.9 Å². The molecule has 0 aromatic carbocycles. The lowest BCUT2D eigenvalue weighted by Gasteiger charge is -1.96. The normalized spacial score (nSPS) is 10.4. The first kappa shape index (κ1) is 9.61. The molecule has 0 saturated heterocycles. The molecule has 0 bridgehead atoms. The van der Waals surface area contributed by atoms with Gasteiger partial charge in [-0.3, -0.25) is 0 Å². The van der Waals surface area contributed by atoms with Crippen LogP contribution in [0.15, 0.2) is 16.3 Å². The summed E-state index contributed by atoms with van der Waals surface area (Å²) in [4.78, 5) is 8.66. The molecule has 3 nitrogen and oxygen atoms in total. The Bertz CT molecular complexity index is 380. The first-order chi connectivity index (χ1) is 6.90. The number of hydrogen-bond donors (Lipinski definition) is 1. The monoisotopic (exact) mass is 225 g/mol. The largest absolute Gasteiger partial charge is 0.362 e. The lowest BCUT2D eigenvalue weighted by Crippen LogP contribution is -1.98. The molecule has 1 N–H and O–H groups in total. The van der Waals surface area contributed by atoms with Gasteiger partial charge in [-0.05, 0) is 6.42 Å².